The van der Waals surface area contributed by atoms with E-state index in [4.69, 9.17) is 16.9 Å². The van der Waals surface area contributed by atoms with Gasteiger partial charge in [0.1, 0.15) is 11.9 Å². The summed E-state index contributed by atoms with van der Waals surface area (Å²) in [5, 5.41) is 12.4. The van der Waals surface area contributed by atoms with Gasteiger partial charge in [-0.1, -0.05) is 11.6 Å². The number of pyridine rings is 1. The van der Waals surface area contributed by atoms with E-state index >= 15 is 0 Å². The Morgan fingerprint density at radius 3 is 2.88 bits per heavy atom. The Balaban J connectivity index is 2.97. The molecule has 4 nitrogen and oxygen atoms in total. The van der Waals surface area contributed by atoms with Crippen molar-refractivity contribution in [3.05, 3.63) is 22.3 Å². The van der Waals surface area contributed by atoms with E-state index < -0.39 is 0 Å². The zero-order valence-corrected chi connectivity index (χ0v) is 10.5. The van der Waals surface area contributed by atoms with E-state index in [0.717, 1.165) is 13.1 Å². The van der Waals surface area contributed by atoms with Gasteiger partial charge >= 0.3 is 0 Å². The molecule has 5 heteroatoms. The summed E-state index contributed by atoms with van der Waals surface area (Å²) in [6.45, 7) is 3.48. The summed E-state index contributed by atoms with van der Waals surface area (Å²) < 4.78 is 0. The molecule has 0 unspecified atom stereocenters. The summed E-state index contributed by atoms with van der Waals surface area (Å²) in [4.78, 5) is 6.31. The van der Waals surface area contributed by atoms with Crippen LogP contribution in [0, 0.1) is 18.3 Å². The molecule has 1 aromatic rings. The zero-order chi connectivity index (χ0) is 12.1. The number of anilines is 1. The van der Waals surface area contributed by atoms with E-state index in [2.05, 4.69) is 16.4 Å². The van der Waals surface area contributed by atoms with Gasteiger partial charge in [-0.05, 0) is 20.0 Å². The molecule has 0 aliphatic carbocycles. The van der Waals surface area contributed by atoms with Gasteiger partial charge < -0.3 is 10.2 Å². The largest absolute Gasteiger partial charge is 0.357 e. The molecule has 0 bridgehead atoms. The van der Waals surface area contributed by atoms with Crippen LogP contribution in [-0.4, -0.2) is 32.2 Å². The van der Waals surface area contributed by atoms with Crippen molar-refractivity contribution in [1.82, 2.24) is 10.3 Å². The van der Waals surface area contributed by atoms with Crippen molar-refractivity contribution in [2.45, 2.75) is 6.92 Å². The summed E-state index contributed by atoms with van der Waals surface area (Å²) in [6, 6.07) is 3.73. The minimum Gasteiger partial charge on any atom is -0.357 e. The van der Waals surface area contributed by atoms with E-state index in [0.29, 0.717) is 22.1 Å². The van der Waals surface area contributed by atoms with E-state index in [1.165, 1.54) is 0 Å². The van der Waals surface area contributed by atoms with Crippen LogP contribution in [0.4, 0.5) is 5.82 Å². The maximum Gasteiger partial charge on any atom is 0.147 e. The highest BCUT2D eigenvalue weighted by atomic mass is 35.5. The predicted octanol–water partition coefficient (Wildman–Crippen LogP) is 1.57. The summed E-state index contributed by atoms with van der Waals surface area (Å²) in [6.07, 6.45) is 0. The lowest BCUT2D eigenvalue weighted by Crippen LogP contribution is -2.28. The molecule has 0 saturated heterocycles. The molecule has 0 spiro atoms. The van der Waals surface area contributed by atoms with Gasteiger partial charge in [-0.25, -0.2) is 4.98 Å². The standard InChI is InChI=1S/C11H15ClN4/c1-8-9(7-13)6-10(12)11(15-8)16(3)5-4-14-2/h6,14H,4-5H2,1-3H3. The van der Waals surface area contributed by atoms with Gasteiger partial charge in [0.2, 0.25) is 0 Å². The molecule has 0 aliphatic heterocycles. The van der Waals surface area contributed by atoms with Crippen LogP contribution in [-0.2, 0) is 0 Å². The number of nitriles is 1. The SMILES string of the molecule is CNCCN(C)c1nc(C)c(C#N)cc1Cl. The fraction of sp³-hybridized carbons (Fsp3) is 0.455. The van der Waals surface area contributed by atoms with Crippen molar-refractivity contribution < 1.29 is 0 Å². The van der Waals surface area contributed by atoms with Crippen molar-refractivity contribution in [3.8, 4) is 6.07 Å². The minimum atomic E-state index is 0.515. The Morgan fingerprint density at radius 1 is 1.62 bits per heavy atom. The first-order chi connectivity index (χ1) is 7.60. The van der Waals surface area contributed by atoms with E-state index in [9.17, 15) is 0 Å². The van der Waals surface area contributed by atoms with Gasteiger partial charge in [0, 0.05) is 20.1 Å². The average Bonchev–Trinajstić information content (AvgIpc) is 2.28. The summed E-state index contributed by atoms with van der Waals surface area (Å²) in [5.74, 6) is 0.716. The number of hydrogen-bond donors (Lipinski definition) is 1. The molecule has 1 rings (SSSR count). The second kappa shape index (κ2) is 5.69. The average molecular weight is 239 g/mol. The van der Waals surface area contributed by atoms with Crippen molar-refractivity contribution in [2.24, 2.45) is 0 Å². The fourth-order valence-electron chi connectivity index (χ4n) is 1.33. The van der Waals surface area contributed by atoms with Crippen LogP contribution in [0.25, 0.3) is 0 Å². The summed E-state index contributed by atoms with van der Waals surface area (Å²) in [7, 11) is 3.82. The first-order valence-electron chi connectivity index (χ1n) is 5.03. The Bertz CT molecular complexity index is 411. The number of aryl methyl sites for hydroxylation is 1. The van der Waals surface area contributed by atoms with Crippen LogP contribution in [0.3, 0.4) is 0 Å². The highest BCUT2D eigenvalue weighted by Crippen LogP contribution is 2.24. The normalized spacial score (nSPS) is 9.94. The number of halogens is 1. The smallest absolute Gasteiger partial charge is 0.147 e. The van der Waals surface area contributed by atoms with Gasteiger partial charge in [0.05, 0.1) is 16.3 Å². The quantitative estimate of drug-likeness (QED) is 0.865. The van der Waals surface area contributed by atoms with Gasteiger partial charge in [-0.3, -0.25) is 0 Å². The summed E-state index contributed by atoms with van der Waals surface area (Å²) >= 11 is 6.08. The van der Waals surface area contributed by atoms with Crippen LogP contribution in [0.15, 0.2) is 6.07 Å². The molecule has 1 N–H and O–H groups in total. The van der Waals surface area contributed by atoms with Gasteiger partial charge in [-0.2, -0.15) is 5.26 Å². The lowest BCUT2D eigenvalue weighted by atomic mass is 10.2. The fourth-order valence-corrected chi connectivity index (χ4v) is 1.63. The van der Waals surface area contributed by atoms with Crippen LogP contribution < -0.4 is 10.2 Å². The number of nitrogens with zero attached hydrogens (tertiary/aromatic N) is 3. The molecule has 0 radical (unpaired) electrons. The van der Waals surface area contributed by atoms with Gasteiger partial charge in [0.15, 0.2) is 0 Å². The third-order valence-electron chi connectivity index (χ3n) is 2.33. The highest BCUT2D eigenvalue weighted by Gasteiger charge is 2.10. The Labute approximate surface area is 101 Å². The summed E-state index contributed by atoms with van der Waals surface area (Å²) in [5.41, 5.74) is 1.23. The Kier molecular flexibility index (Phi) is 4.53. The first kappa shape index (κ1) is 12.8. The monoisotopic (exact) mass is 238 g/mol. The van der Waals surface area contributed by atoms with E-state index in [-0.39, 0.29) is 0 Å². The van der Waals surface area contributed by atoms with Crippen LogP contribution >= 0.6 is 11.6 Å². The molecular formula is C11H15ClN4. The molecule has 86 valence electrons. The lowest BCUT2D eigenvalue weighted by molar-refractivity contribution is 0.760. The second-order valence-corrected chi connectivity index (χ2v) is 3.97. The van der Waals surface area contributed by atoms with Crippen molar-refractivity contribution in [3.63, 3.8) is 0 Å². The number of rotatable bonds is 4. The Morgan fingerprint density at radius 2 is 2.31 bits per heavy atom. The predicted molar refractivity (Wildman–Crippen MR) is 65.9 cm³/mol. The van der Waals surface area contributed by atoms with Crippen molar-refractivity contribution in [1.29, 1.82) is 5.26 Å². The molecule has 0 atom stereocenters. The molecule has 0 aromatic carbocycles. The minimum absolute atomic E-state index is 0.515. The number of hydrogen-bond acceptors (Lipinski definition) is 4. The van der Waals surface area contributed by atoms with Crippen LogP contribution in [0.2, 0.25) is 5.02 Å². The zero-order valence-electron chi connectivity index (χ0n) is 9.71. The third-order valence-corrected chi connectivity index (χ3v) is 2.61. The number of likely N-dealkylation sites (N-methyl/N-ethyl adjacent to an activating group) is 2. The maximum absolute atomic E-state index is 8.84. The molecule has 1 heterocycles. The van der Waals surface area contributed by atoms with Crippen molar-refractivity contribution in [2.75, 3.05) is 32.1 Å². The topological polar surface area (TPSA) is 52.0 Å². The molecule has 0 saturated carbocycles. The molecule has 0 aliphatic rings. The second-order valence-electron chi connectivity index (χ2n) is 3.56. The lowest BCUT2D eigenvalue weighted by Gasteiger charge is -2.19. The molecule has 1 aromatic heterocycles. The van der Waals surface area contributed by atoms with Gasteiger partial charge in [0.25, 0.3) is 0 Å². The first-order valence-corrected chi connectivity index (χ1v) is 5.41. The number of nitrogens with one attached hydrogen (secondary N) is 1. The number of aromatic nitrogens is 1. The van der Waals surface area contributed by atoms with E-state index in [1.54, 1.807) is 6.07 Å². The Hall–Kier alpha value is -1.31. The van der Waals surface area contributed by atoms with Crippen LogP contribution in [0.1, 0.15) is 11.3 Å². The van der Waals surface area contributed by atoms with Gasteiger partial charge in [-0.15, -0.1) is 0 Å². The maximum atomic E-state index is 8.84. The molecule has 16 heavy (non-hydrogen) atoms. The van der Waals surface area contributed by atoms with E-state index in [1.807, 2.05) is 25.9 Å². The molecular weight excluding hydrogens is 224 g/mol. The highest BCUT2D eigenvalue weighted by molar-refractivity contribution is 6.33. The molecule has 0 fully saturated rings. The van der Waals surface area contributed by atoms with Crippen LogP contribution in [0.5, 0.6) is 0 Å². The van der Waals surface area contributed by atoms with Crippen molar-refractivity contribution >= 4 is 17.4 Å². The molecule has 0 amide bonds. The third kappa shape index (κ3) is 2.84.